The number of thiocyanates is 1. The summed E-state index contributed by atoms with van der Waals surface area (Å²) in [7, 11) is 1.25. The Morgan fingerprint density at radius 3 is 2.86 bits per heavy atom. The molecule has 116 valence electrons. The Hall–Kier alpha value is -2.53. The third kappa shape index (κ3) is 5.46. The maximum Gasteiger partial charge on any atom is 0.360 e. The van der Waals surface area contributed by atoms with Crippen molar-refractivity contribution in [2.75, 3.05) is 13.0 Å². The predicted octanol–water partition coefficient (Wildman–Crippen LogP) is 2.27. The Labute approximate surface area is 132 Å². The third-order valence-electron chi connectivity index (χ3n) is 2.38. The maximum absolute atomic E-state index is 11.9. The topological polar surface area (TPSA) is 93.3 Å². The Bertz CT molecular complexity index is 596. The summed E-state index contributed by atoms with van der Waals surface area (Å²) in [5.41, 5.74) is 1.22. The molecule has 7 nitrogen and oxygen atoms in total. The van der Waals surface area contributed by atoms with Crippen LogP contribution < -0.4 is 0 Å². The fraction of sp³-hybridized carbons (Fsp3) is 0.286. The van der Waals surface area contributed by atoms with E-state index in [9.17, 15) is 4.79 Å². The first-order valence-electron chi connectivity index (χ1n) is 6.22. The van der Waals surface area contributed by atoms with E-state index in [1.54, 1.807) is 31.2 Å². The van der Waals surface area contributed by atoms with Gasteiger partial charge in [-0.25, -0.2) is 4.79 Å². The number of benzene rings is 1. The van der Waals surface area contributed by atoms with Crippen LogP contribution in [0.25, 0.3) is 0 Å². The molecule has 0 atom stereocenters. The van der Waals surface area contributed by atoms with Gasteiger partial charge in [0.1, 0.15) is 12.0 Å². The average Bonchev–Trinajstić information content (AvgIpc) is 2.55. The zero-order valence-electron chi connectivity index (χ0n) is 12.2. The van der Waals surface area contributed by atoms with Crippen molar-refractivity contribution in [3.05, 3.63) is 35.4 Å². The number of oxime groups is 2. The molecular formula is C14H15N3O4S. The standard InChI is InChI=1S/C14H15N3O4S/c1-3-16-20-8-11-6-4-5-7-12(11)13(14(18)19-2)17-21-10-22-9-15/h3-7H,8,10H2,1-2H3/b16-3-,17-13+. The Morgan fingerprint density at radius 2 is 2.18 bits per heavy atom. The summed E-state index contributed by atoms with van der Waals surface area (Å²) < 4.78 is 4.71. The van der Waals surface area contributed by atoms with Gasteiger partial charge in [0.05, 0.1) is 7.11 Å². The minimum Gasteiger partial charge on any atom is -0.464 e. The Balaban J connectivity index is 3.03. The predicted molar refractivity (Wildman–Crippen MR) is 83.1 cm³/mol. The number of nitriles is 1. The summed E-state index contributed by atoms with van der Waals surface area (Å²) in [5, 5.41) is 17.7. The number of nitrogens with zero attached hydrogens (tertiary/aromatic N) is 3. The molecule has 8 heteroatoms. The maximum atomic E-state index is 11.9. The first kappa shape index (κ1) is 17.5. The molecule has 0 unspecified atom stereocenters. The lowest BCUT2D eigenvalue weighted by Gasteiger charge is -2.09. The minimum atomic E-state index is -0.645. The summed E-state index contributed by atoms with van der Waals surface area (Å²) in [4.78, 5) is 21.9. The van der Waals surface area contributed by atoms with Crippen LogP contribution in [-0.4, -0.2) is 30.9 Å². The molecule has 0 heterocycles. The van der Waals surface area contributed by atoms with Crippen LogP contribution >= 0.6 is 11.8 Å². The third-order valence-corrected chi connectivity index (χ3v) is 2.74. The zero-order chi connectivity index (χ0) is 16.2. The SMILES string of the molecule is C/C=N\OCc1ccccc1/C(=N\OCSC#N)C(=O)OC. The smallest absolute Gasteiger partial charge is 0.360 e. The van der Waals surface area contributed by atoms with Crippen LogP contribution in [0.2, 0.25) is 0 Å². The molecule has 1 aromatic rings. The second-order valence-electron chi connectivity index (χ2n) is 3.71. The van der Waals surface area contributed by atoms with Crippen molar-refractivity contribution in [1.82, 2.24) is 0 Å². The number of rotatable bonds is 8. The average molecular weight is 321 g/mol. The van der Waals surface area contributed by atoms with Crippen molar-refractivity contribution < 1.29 is 19.2 Å². The van der Waals surface area contributed by atoms with E-state index < -0.39 is 5.97 Å². The van der Waals surface area contributed by atoms with E-state index in [1.807, 2.05) is 5.40 Å². The van der Waals surface area contributed by atoms with Crippen molar-refractivity contribution in [2.45, 2.75) is 13.5 Å². The molecule has 0 aliphatic heterocycles. The number of carbonyl (C=O) groups is 1. The summed E-state index contributed by atoms with van der Waals surface area (Å²) in [6.07, 6.45) is 1.51. The van der Waals surface area contributed by atoms with Gasteiger partial charge in [-0.05, 0) is 18.7 Å². The largest absolute Gasteiger partial charge is 0.464 e. The summed E-state index contributed by atoms with van der Waals surface area (Å²) in [5.74, 6) is -0.635. The molecule has 0 N–H and O–H groups in total. The number of esters is 1. The second-order valence-corrected chi connectivity index (χ2v) is 4.42. The molecule has 0 aliphatic carbocycles. The monoisotopic (exact) mass is 321 g/mol. The van der Waals surface area contributed by atoms with E-state index >= 15 is 0 Å². The van der Waals surface area contributed by atoms with Crippen molar-refractivity contribution in [3.8, 4) is 5.40 Å². The van der Waals surface area contributed by atoms with Gasteiger partial charge in [0, 0.05) is 17.3 Å². The van der Waals surface area contributed by atoms with Crippen molar-refractivity contribution in [1.29, 1.82) is 5.26 Å². The fourth-order valence-electron chi connectivity index (χ4n) is 1.50. The van der Waals surface area contributed by atoms with E-state index in [-0.39, 0.29) is 18.3 Å². The molecule has 0 fully saturated rings. The lowest BCUT2D eigenvalue weighted by atomic mass is 10.0. The molecule has 0 radical (unpaired) electrons. The summed E-state index contributed by atoms with van der Waals surface area (Å²) in [6, 6.07) is 7.04. The van der Waals surface area contributed by atoms with Gasteiger partial charge in [0.25, 0.3) is 0 Å². The van der Waals surface area contributed by atoms with Gasteiger partial charge >= 0.3 is 5.97 Å². The van der Waals surface area contributed by atoms with Gasteiger partial charge in [0.2, 0.25) is 0 Å². The molecule has 0 aromatic heterocycles. The Morgan fingerprint density at radius 1 is 1.41 bits per heavy atom. The number of hydrogen-bond donors (Lipinski definition) is 0. The molecule has 0 spiro atoms. The normalized spacial score (nSPS) is 11.0. The van der Waals surface area contributed by atoms with Crippen LogP contribution in [0.1, 0.15) is 18.1 Å². The van der Waals surface area contributed by atoms with Gasteiger partial charge in [-0.3, -0.25) is 0 Å². The highest BCUT2D eigenvalue weighted by Gasteiger charge is 2.19. The van der Waals surface area contributed by atoms with Gasteiger partial charge in [0.15, 0.2) is 11.7 Å². The number of hydrogen-bond acceptors (Lipinski definition) is 8. The highest BCUT2D eigenvalue weighted by atomic mass is 32.2. The van der Waals surface area contributed by atoms with Crippen LogP contribution in [0.4, 0.5) is 0 Å². The highest BCUT2D eigenvalue weighted by molar-refractivity contribution is 8.03. The number of thioether (sulfide) groups is 1. The van der Waals surface area contributed by atoms with E-state index in [0.29, 0.717) is 11.1 Å². The quantitative estimate of drug-likeness (QED) is 0.182. The second kappa shape index (κ2) is 10.2. The molecule has 0 amide bonds. The van der Waals surface area contributed by atoms with Crippen LogP contribution in [0.15, 0.2) is 34.6 Å². The summed E-state index contributed by atoms with van der Waals surface area (Å²) in [6.45, 7) is 1.90. The van der Waals surface area contributed by atoms with E-state index in [0.717, 1.165) is 11.8 Å². The number of carbonyl (C=O) groups excluding carboxylic acids is 1. The number of methoxy groups -OCH3 is 1. The molecule has 0 aliphatic rings. The van der Waals surface area contributed by atoms with E-state index in [4.69, 9.17) is 19.7 Å². The molecular weight excluding hydrogens is 306 g/mol. The zero-order valence-corrected chi connectivity index (χ0v) is 13.0. The number of ether oxygens (including phenoxy) is 1. The van der Waals surface area contributed by atoms with Gasteiger partial charge in [-0.15, -0.1) is 0 Å². The van der Waals surface area contributed by atoms with Crippen LogP contribution in [0, 0.1) is 10.7 Å². The molecule has 1 aromatic carbocycles. The minimum absolute atomic E-state index is 0.000665. The lowest BCUT2D eigenvalue weighted by Crippen LogP contribution is -2.19. The van der Waals surface area contributed by atoms with Crippen molar-refractivity contribution in [3.63, 3.8) is 0 Å². The van der Waals surface area contributed by atoms with Crippen molar-refractivity contribution >= 4 is 29.7 Å². The Kier molecular flexibility index (Phi) is 8.15. The fourth-order valence-corrected chi connectivity index (χ4v) is 1.65. The van der Waals surface area contributed by atoms with Crippen LogP contribution in [0.3, 0.4) is 0 Å². The molecule has 0 saturated heterocycles. The lowest BCUT2D eigenvalue weighted by molar-refractivity contribution is -0.132. The van der Waals surface area contributed by atoms with Crippen LogP contribution in [0.5, 0.6) is 0 Å². The first-order chi connectivity index (χ1) is 10.7. The van der Waals surface area contributed by atoms with Crippen molar-refractivity contribution in [2.24, 2.45) is 10.3 Å². The van der Waals surface area contributed by atoms with Crippen LogP contribution in [-0.2, 0) is 25.8 Å². The van der Waals surface area contributed by atoms with E-state index in [2.05, 4.69) is 10.3 Å². The van der Waals surface area contributed by atoms with Gasteiger partial charge in [-0.1, -0.05) is 34.6 Å². The first-order valence-corrected chi connectivity index (χ1v) is 7.20. The van der Waals surface area contributed by atoms with Gasteiger partial charge < -0.3 is 14.4 Å². The molecule has 0 saturated carbocycles. The molecule has 0 bridgehead atoms. The molecule has 1 rings (SSSR count). The van der Waals surface area contributed by atoms with Gasteiger partial charge in [-0.2, -0.15) is 5.26 Å². The van der Waals surface area contributed by atoms with E-state index in [1.165, 1.54) is 13.3 Å². The summed E-state index contributed by atoms with van der Waals surface area (Å²) >= 11 is 0.866. The molecule has 22 heavy (non-hydrogen) atoms. The highest BCUT2D eigenvalue weighted by Crippen LogP contribution is 2.13.